The van der Waals surface area contributed by atoms with Gasteiger partial charge in [0.25, 0.3) is 0 Å². The van der Waals surface area contributed by atoms with Crippen molar-refractivity contribution in [2.45, 2.75) is 25.4 Å². The van der Waals surface area contributed by atoms with E-state index < -0.39 is 22.8 Å². The lowest BCUT2D eigenvalue weighted by atomic mass is 9.98. The van der Waals surface area contributed by atoms with Gasteiger partial charge in [-0.2, -0.15) is 9.36 Å². The third kappa shape index (κ3) is 4.58. The molecule has 11 nitrogen and oxygen atoms in total. The highest BCUT2D eigenvalue weighted by Gasteiger charge is 2.35. The molecule has 2 saturated heterocycles. The number of ether oxygens (including phenoxy) is 1. The van der Waals surface area contributed by atoms with Gasteiger partial charge >= 0.3 is 5.97 Å². The van der Waals surface area contributed by atoms with Crippen molar-refractivity contribution >= 4 is 51.9 Å². The molecule has 5 rings (SSSR count). The van der Waals surface area contributed by atoms with Crippen molar-refractivity contribution in [3.8, 4) is 5.13 Å². The van der Waals surface area contributed by atoms with E-state index >= 15 is 0 Å². The molecule has 1 unspecified atom stereocenters. The van der Waals surface area contributed by atoms with Crippen LogP contribution < -0.4 is 15.6 Å². The first kappa shape index (κ1) is 23.6. The monoisotopic (exact) mass is 522 g/mol. The Morgan fingerprint density at radius 3 is 2.77 bits per heavy atom. The van der Waals surface area contributed by atoms with Crippen molar-refractivity contribution in [1.82, 2.24) is 24.2 Å². The number of anilines is 1. The lowest BCUT2D eigenvalue weighted by Crippen LogP contribution is -2.55. The minimum Gasteiger partial charge on any atom is -0.477 e. The first-order valence-electron chi connectivity index (χ1n) is 10.9. The van der Waals surface area contributed by atoms with Gasteiger partial charge in [-0.1, -0.05) is 0 Å². The Balaban J connectivity index is 1.40. The zero-order valence-electron chi connectivity index (χ0n) is 18.2. The lowest BCUT2D eigenvalue weighted by Gasteiger charge is -2.39. The highest BCUT2D eigenvalue weighted by molar-refractivity contribution is 7.08. The average molecular weight is 523 g/mol. The van der Waals surface area contributed by atoms with Crippen LogP contribution in [0.5, 0.6) is 0 Å². The Morgan fingerprint density at radius 2 is 2.11 bits per heavy atom. The number of halogens is 2. The Bertz CT molecular complexity index is 1370. The molecule has 35 heavy (non-hydrogen) atoms. The van der Waals surface area contributed by atoms with Gasteiger partial charge in [0.05, 0.1) is 17.4 Å². The first-order chi connectivity index (χ1) is 16.8. The second-order valence-electron chi connectivity index (χ2n) is 8.39. The largest absolute Gasteiger partial charge is 0.477 e. The van der Waals surface area contributed by atoms with Crippen LogP contribution in [-0.4, -0.2) is 68.2 Å². The van der Waals surface area contributed by atoms with E-state index in [-0.39, 0.29) is 58.3 Å². The predicted octanol–water partition coefficient (Wildman–Crippen LogP) is 1.85. The van der Waals surface area contributed by atoms with Crippen molar-refractivity contribution in [2.75, 3.05) is 31.1 Å². The van der Waals surface area contributed by atoms with Crippen molar-refractivity contribution in [1.29, 1.82) is 0 Å². The molecule has 2 aliphatic heterocycles. The second kappa shape index (κ2) is 9.47. The third-order valence-electron chi connectivity index (χ3n) is 6.07. The standard InChI is InChI=1S/C21H20ClFN6O5S/c22-20-26-21(35-27-20)29-9-13(19(32)33)15(30)12-5-14(23)17(25-16(12)29)28-7-10(8-28)18(31)24-6-11-3-1-2-4-34-11/h5,9-11H,1-4,6-8H2,(H,24,31)(H,32,33). The molecule has 0 aromatic carbocycles. The summed E-state index contributed by atoms with van der Waals surface area (Å²) < 4.78 is 25.7. The summed E-state index contributed by atoms with van der Waals surface area (Å²) in [5.41, 5.74) is -1.44. The number of hydrogen-bond acceptors (Lipinski definition) is 9. The van der Waals surface area contributed by atoms with Gasteiger partial charge in [0.1, 0.15) is 5.56 Å². The van der Waals surface area contributed by atoms with Crippen LogP contribution in [0.4, 0.5) is 10.2 Å². The Kier molecular flexibility index (Phi) is 6.38. The molecule has 0 saturated carbocycles. The first-order valence-corrected chi connectivity index (χ1v) is 12.1. The molecular weight excluding hydrogens is 503 g/mol. The summed E-state index contributed by atoms with van der Waals surface area (Å²) in [6.45, 7) is 1.64. The number of nitrogens with one attached hydrogen (secondary N) is 1. The fourth-order valence-electron chi connectivity index (χ4n) is 4.17. The quantitative estimate of drug-likeness (QED) is 0.496. The van der Waals surface area contributed by atoms with Gasteiger partial charge in [0.15, 0.2) is 17.3 Å². The van der Waals surface area contributed by atoms with E-state index in [0.717, 1.165) is 43.1 Å². The number of rotatable bonds is 6. The zero-order valence-corrected chi connectivity index (χ0v) is 19.8. The summed E-state index contributed by atoms with van der Waals surface area (Å²) in [5.74, 6) is -2.80. The third-order valence-corrected chi connectivity index (χ3v) is 7.05. The van der Waals surface area contributed by atoms with Crippen LogP contribution >= 0.6 is 23.1 Å². The van der Waals surface area contributed by atoms with Crippen LogP contribution in [0.25, 0.3) is 16.2 Å². The number of aromatic carboxylic acids is 1. The van der Waals surface area contributed by atoms with Gasteiger partial charge in [-0.3, -0.25) is 14.2 Å². The minimum atomic E-state index is -1.47. The van der Waals surface area contributed by atoms with Crippen LogP contribution in [0.2, 0.25) is 5.28 Å². The van der Waals surface area contributed by atoms with E-state index in [9.17, 15) is 23.9 Å². The summed E-state index contributed by atoms with van der Waals surface area (Å²) in [7, 11) is 0. The summed E-state index contributed by atoms with van der Waals surface area (Å²) in [6, 6.07) is 0.958. The number of amides is 1. The number of aromatic nitrogens is 4. The van der Waals surface area contributed by atoms with Crippen molar-refractivity contribution in [3.63, 3.8) is 0 Å². The zero-order chi connectivity index (χ0) is 24.7. The van der Waals surface area contributed by atoms with E-state index in [0.29, 0.717) is 13.2 Å². The molecular formula is C21H20ClFN6O5S. The van der Waals surface area contributed by atoms with Gasteiger partial charge in [0, 0.05) is 44.0 Å². The van der Waals surface area contributed by atoms with E-state index in [2.05, 4.69) is 19.7 Å². The van der Waals surface area contributed by atoms with Gasteiger partial charge in [-0.25, -0.2) is 14.2 Å². The van der Waals surface area contributed by atoms with Crippen LogP contribution in [0.15, 0.2) is 17.1 Å². The van der Waals surface area contributed by atoms with Crippen molar-refractivity contribution in [2.24, 2.45) is 5.92 Å². The average Bonchev–Trinajstić information content (AvgIpc) is 3.24. The molecule has 5 heterocycles. The maximum absolute atomic E-state index is 15.0. The molecule has 0 radical (unpaired) electrons. The van der Waals surface area contributed by atoms with Gasteiger partial charge in [-0.05, 0) is 36.9 Å². The second-order valence-corrected chi connectivity index (χ2v) is 9.46. The number of pyridine rings is 2. The highest BCUT2D eigenvalue weighted by Crippen LogP contribution is 2.29. The lowest BCUT2D eigenvalue weighted by molar-refractivity contribution is -0.126. The maximum Gasteiger partial charge on any atom is 0.341 e. The van der Waals surface area contributed by atoms with Crippen LogP contribution in [0.3, 0.4) is 0 Å². The smallest absolute Gasteiger partial charge is 0.341 e. The Labute approximate surface area is 206 Å². The number of carbonyl (C=O) groups is 2. The number of hydrogen-bond donors (Lipinski definition) is 2. The number of nitrogens with zero attached hydrogens (tertiary/aromatic N) is 5. The van der Waals surface area contributed by atoms with Crippen LogP contribution in [-0.2, 0) is 9.53 Å². The SMILES string of the molecule is O=C(O)c1cn(-c2nc(Cl)ns2)c2nc(N3CC(C(=O)NCC4CCCCO4)C3)c(F)cc2c1=O. The summed E-state index contributed by atoms with van der Waals surface area (Å²) >= 11 is 6.68. The summed E-state index contributed by atoms with van der Waals surface area (Å²) in [6.07, 6.45) is 4.11. The minimum absolute atomic E-state index is 0.00608. The van der Waals surface area contributed by atoms with E-state index in [1.807, 2.05) is 0 Å². The van der Waals surface area contributed by atoms with Gasteiger partial charge in [-0.15, -0.1) is 0 Å². The summed E-state index contributed by atoms with van der Waals surface area (Å²) in [5, 5.41) is 12.2. The molecule has 0 spiro atoms. The molecule has 184 valence electrons. The molecule has 2 aliphatic rings. The fraction of sp³-hybridized carbons (Fsp3) is 0.429. The highest BCUT2D eigenvalue weighted by atomic mass is 35.5. The topological polar surface area (TPSA) is 140 Å². The van der Waals surface area contributed by atoms with E-state index in [1.165, 1.54) is 4.57 Å². The normalized spacial score (nSPS) is 18.5. The van der Waals surface area contributed by atoms with E-state index in [1.54, 1.807) is 4.90 Å². The maximum atomic E-state index is 15.0. The Hall–Kier alpha value is -3.16. The molecule has 3 aromatic heterocycles. The fourth-order valence-corrected chi connectivity index (χ4v) is 4.96. The number of fused-ring (bicyclic) bond motifs is 1. The number of carboxylic acids is 1. The Morgan fingerprint density at radius 1 is 1.31 bits per heavy atom. The van der Waals surface area contributed by atoms with Crippen LogP contribution in [0.1, 0.15) is 29.6 Å². The molecule has 0 aliphatic carbocycles. The molecule has 0 bridgehead atoms. The number of carboxylic acid groups (broad SMARTS) is 1. The molecule has 2 fully saturated rings. The van der Waals surface area contributed by atoms with E-state index in [4.69, 9.17) is 16.3 Å². The van der Waals surface area contributed by atoms with Gasteiger partial charge < -0.3 is 20.1 Å². The number of carbonyl (C=O) groups excluding carboxylic acids is 1. The van der Waals surface area contributed by atoms with Crippen LogP contribution in [0, 0.1) is 11.7 Å². The molecule has 1 atom stereocenters. The molecule has 2 N–H and O–H groups in total. The van der Waals surface area contributed by atoms with Crippen molar-refractivity contribution < 1.29 is 23.8 Å². The molecule has 1 amide bonds. The molecule has 3 aromatic rings. The van der Waals surface area contributed by atoms with Crippen molar-refractivity contribution in [3.05, 3.63) is 39.2 Å². The summed E-state index contributed by atoms with van der Waals surface area (Å²) in [4.78, 5) is 46.7. The predicted molar refractivity (Wildman–Crippen MR) is 125 cm³/mol. The molecule has 14 heteroatoms. The van der Waals surface area contributed by atoms with Gasteiger partial charge in [0.2, 0.25) is 21.8 Å².